The van der Waals surface area contributed by atoms with Crippen LogP contribution in [0, 0.1) is 5.92 Å². The third-order valence-electron chi connectivity index (χ3n) is 7.35. The molecule has 2 aromatic rings. The van der Waals surface area contributed by atoms with E-state index in [0.29, 0.717) is 26.9 Å². The summed E-state index contributed by atoms with van der Waals surface area (Å²) in [5, 5.41) is 10.4. The monoisotopic (exact) mass is 597 g/mol. The molecule has 4 atom stereocenters. The van der Waals surface area contributed by atoms with Crippen molar-refractivity contribution in [2.24, 2.45) is 5.92 Å². The molecule has 2 aromatic carbocycles. The zero-order valence-corrected chi connectivity index (χ0v) is 24.6. The summed E-state index contributed by atoms with van der Waals surface area (Å²) in [5.74, 6) is -1.58. The molecule has 1 N–H and O–H groups in total. The number of sulfone groups is 1. The van der Waals surface area contributed by atoms with Gasteiger partial charge in [-0.1, -0.05) is 41.4 Å². The fourth-order valence-corrected chi connectivity index (χ4v) is 6.71. The molecule has 0 unspecified atom stereocenters. The normalized spacial score (nSPS) is 23.0. The molecule has 39 heavy (non-hydrogen) atoms. The number of benzene rings is 2. The van der Waals surface area contributed by atoms with Crippen LogP contribution in [0.3, 0.4) is 0 Å². The predicted octanol–water partition coefficient (Wildman–Crippen LogP) is 5.48. The van der Waals surface area contributed by atoms with E-state index in [-0.39, 0.29) is 11.7 Å². The molecule has 1 amide bonds. The van der Waals surface area contributed by atoms with Gasteiger partial charge < -0.3 is 19.5 Å². The smallest absolute Gasteiger partial charge is 0.306 e. The summed E-state index contributed by atoms with van der Waals surface area (Å²) < 4.78 is 37.4. The molecule has 0 radical (unpaired) electrons. The first-order valence-corrected chi connectivity index (χ1v) is 15.1. The lowest BCUT2D eigenvalue weighted by atomic mass is 9.89. The molecule has 2 aliphatic rings. The van der Waals surface area contributed by atoms with Gasteiger partial charge in [0.2, 0.25) is 0 Å². The first-order valence-electron chi connectivity index (χ1n) is 12.7. The summed E-state index contributed by atoms with van der Waals surface area (Å²) in [4.78, 5) is 27.4. The number of rotatable bonds is 9. The van der Waals surface area contributed by atoms with Gasteiger partial charge in [-0.2, -0.15) is 0 Å². The van der Waals surface area contributed by atoms with Gasteiger partial charge >= 0.3 is 5.97 Å². The number of carbonyl (C=O) groups is 2. The van der Waals surface area contributed by atoms with E-state index in [1.165, 1.54) is 7.11 Å². The standard InChI is InChI=1S/C28H33Cl2NO7S/c1-28(2,3)39(35,36)15-21(16-5-6-16)31-25(17-7-10-19(29)11-8-17)26(38-23(27(31)34)14-24(32)33)18-9-12-22(37-4)20(30)13-18/h7-13,16,21,23,25-26H,5-6,14-15H2,1-4H3,(H,32,33)/t21-,23-,25-,26-/m1/s1. The van der Waals surface area contributed by atoms with Crippen LogP contribution in [0.4, 0.5) is 0 Å². The summed E-state index contributed by atoms with van der Waals surface area (Å²) in [6, 6.07) is 10.6. The Labute approximate surface area is 239 Å². The molecule has 0 spiro atoms. The molecule has 11 heteroatoms. The molecular formula is C28H33Cl2NO7S. The van der Waals surface area contributed by atoms with E-state index in [4.69, 9.17) is 32.7 Å². The van der Waals surface area contributed by atoms with Gasteiger partial charge in [-0.25, -0.2) is 8.42 Å². The number of carboxylic acid groups (broad SMARTS) is 1. The van der Waals surface area contributed by atoms with E-state index >= 15 is 0 Å². The van der Waals surface area contributed by atoms with Crippen LogP contribution in [0.25, 0.3) is 0 Å². The van der Waals surface area contributed by atoms with Crippen LogP contribution in [0.2, 0.25) is 10.0 Å². The maximum atomic E-state index is 14.0. The highest BCUT2D eigenvalue weighted by Crippen LogP contribution is 2.49. The summed E-state index contributed by atoms with van der Waals surface area (Å²) in [6.07, 6.45) is -1.17. The Morgan fingerprint density at radius 2 is 1.74 bits per heavy atom. The second-order valence-electron chi connectivity index (χ2n) is 11.1. The second kappa shape index (κ2) is 11.3. The number of halogens is 2. The molecule has 2 fully saturated rings. The Morgan fingerprint density at radius 1 is 1.13 bits per heavy atom. The molecule has 0 aromatic heterocycles. The SMILES string of the molecule is COc1ccc([C@H]2O[C@H](CC(=O)O)C(=O)N([C@H](CS(=O)(=O)C(C)(C)C)C3CC3)[C@@H]2c2ccc(Cl)cc2)cc1Cl. The number of hydrogen-bond donors (Lipinski definition) is 1. The summed E-state index contributed by atoms with van der Waals surface area (Å²) in [5.41, 5.74) is 1.28. The summed E-state index contributed by atoms with van der Waals surface area (Å²) in [6.45, 7) is 4.92. The van der Waals surface area contributed by atoms with Gasteiger partial charge in [0.1, 0.15) is 18.0 Å². The Balaban J connectivity index is 1.90. The van der Waals surface area contributed by atoms with Gasteiger partial charge in [0.15, 0.2) is 9.84 Å². The van der Waals surface area contributed by atoms with Gasteiger partial charge in [-0.15, -0.1) is 0 Å². The van der Waals surface area contributed by atoms with Crippen LogP contribution in [0.5, 0.6) is 5.75 Å². The van der Waals surface area contributed by atoms with Crippen molar-refractivity contribution in [1.29, 1.82) is 0 Å². The fraction of sp³-hybridized carbons (Fsp3) is 0.500. The van der Waals surface area contributed by atoms with Crippen molar-refractivity contribution in [2.75, 3.05) is 12.9 Å². The van der Waals surface area contributed by atoms with Crippen LogP contribution < -0.4 is 4.74 Å². The van der Waals surface area contributed by atoms with Gasteiger partial charge in [0.05, 0.1) is 35.1 Å². The lowest BCUT2D eigenvalue weighted by molar-refractivity contribution is -0.183. The van der Waals surface area contributed by atoms with E-state index in [0.717, 1.165) is 12.8 Å². The molecule has 8 nitrogen and oxygen atoms in total. The third-order valence-corrected chi connectivity index (χ3v) is 10.5. The van der Waals surface area contributed by atoms with Crippen LogP contribution in [0.15, 0.2) is 42.5 Å². The highest BCUT2D eigenvalue weighted by Gasteiger charge is 2.52. The van der Waals surface area contributed by atoms with E-state index < -0.39 is 57.2 Å². The number of amides is 1. The van der Waals surface area contributed by atoms with Crippen molar-refractivity contribution >= 4 is 44.9 Å². The zero-order chi connectivity index (χ0) is 28.7. The van der Waals surface area contributed by atoms with Gasteiger partial charge in [0, 0.05) is 11.1 Å². The van der Waals surface area contributed by atoms with E-state index in [2.05, 4.69) is 0 Å². The first kappa shape index (κ1) is 29.6. The number of methoxy groups -OCH3 is 1. The molecule has 212 valence electrons. The molecule has 0 bridgehead atoms. The predicted molar refractivity (Wildman–Crippen MR) is 149 cm³/mol. The molecule has 1 aliphatic carbocycles. The lowest BCUT2D eigenvalue weighted by Crippen LogP contribution is -2.58. The topological polar surface area (TPSA) is 110 Å². The van der Waals surface area contributed by atoms with E-state index in [1.54, 1.807) is 68.1 Å². The zero-order valence-electron chi connectivity index (χ0n) is 22.3. The van der Waals surface area contributed by atoms with Crippen LogP contribution >= 0.6 is 23.2 Å². The Hall–Kier alpha value is -2.33. The number of nitrogens with zero attached hydrogens (tertiary/aromatic N) is 1. The summed E-state index contributed by atoms with van der Waals surface area (Å²) in [7, 11) is -2.14. The van der Waals surface area contributed by atoms with Crippen molar-refractivity contribution in [3.05, 3.63) is 63.6 Å². The number of carboxylic acids is 1. The maximum absolute atomic E-state index is 14.0. The Kier molecular flexibility index (Phi) is 8.57. The fourth-order valence-electron chi connectivity index (χ4n) is 4.94. The first-order chi connectivity index (χ1) is 18.2. The Morgan fingerprint density at radius 3 is 2.26 bits per heavy atom. The minimum absolute atomic E-state index is 0.0374. The van der Waals surface area contributed by atoms with Crippen LogP contribution in [-0.2, 0) is 24.2 Å². The quantitative estimate of drug-likeness (QED) is 0.407. The summed E-state index contributed by atoms with van der Waals surface area (Å²) >= 11 is 12.6. The van der Waals surface area contributed by atoms with Gasteiger partial charge in [-0.05, 0) is 74.9 Å². The van der Waals surface area contributed by atoms with Crippen molar-refractivity contribution in [3.8, 4) is 5.75 Å². The average molecular weight is 599 g/mol. The number of morpholine rings is 1. The van der Waals surface area contributed by atoms with Crippen LogP contribution in [0.1, 0.15) is 63.3 Å². The molecule has 1 heterocycles. The molecule has 4 rings (SSSR count). The number of hydrogen-bond acceptors (Lipinski definition) is 6. The minimum Gasteiger partial charge on any atom is -0.495 e. The molecule has 1 aliphatic heterocycles. The van der Waals surface area contributed by atoms with Crippen molar-refractivity contribution in [1.82, 2.24) is 4.90 Å². The second-order valence-corrected chi connectivity index (χ2v) is 14.7. The highest BCUT2D eigenvalue weighted by atomic mass is 35.5. The Bertz CT molecular complexity index is 1340. The van der Waals surface area contributed by atoms with Gasteiger partial charge in [0.25, 0.3) is 5.91 Å². The maximum Gasteiger partial charge on any atom is 0.306 e. The average Bonchev–Trinajstić information content (AvgIpc) is 3.69. The van der Waals surface area contributed by atoms with Gasteiger partial charge in [-0.3, -0.25) is 9.59 Å². The largest absolute Gasteiger partial charge is 0.495 e. The van der Waals surface area contributed by atoms with Crippen molar-refractivity contribution in [3.63, 3.8) is 0 Å². The number of carbonyl (C=O) groups excluding carboxylic acids is 1. The van der Waals surface area contributed by atoms with Crippen molar-refractivity contribution < 1.29 is 32.6 Å². The number of aliphatic carboxylic acids is 1. The van der Waals surface area contributed by atoms with Crippen molar-refractivity contribution in [2.45, 2.75) is 69.1 Å². The van der Waals surface area contributed by atoms with E-state index in [9.17, 15) is 23.1 Å². The third kappa shape index (κ3) is 6.37. The van der Waals surface area contributed by atoms with E-state index in [1.807, 2.05) is 0 Å². The lowest BCUT2D eigenvalue weighted by Gasteiger charge is -2.48. The highest BCUT2D eigenvalue weighted by molar-refractivity contribution is 7.92. The van der Waals surface area contributed by atoms with Crippen LogP contribution in [-0.4, -0.2) is 60.1 Å². The number of ether oxygens (including phenoxy) is 2. The minimum atomic E-state index is -3.64. The molecule has 1 saturated heterocycles. The molecule has 1 saturated carbocycles. The molecular weight excluding hydrogens is 565 g/mol.